The Labute approximate surface area is 368 Å². The number of ether oxygens (including phenoxy) is 2. The highest BCUT2D eigenvalue weighted by Gasteiger charge is 2.66. The summed E-state index contributed by atoms with van der Waals surface area (Å²) in [4.78, 5) is 72.0. The van der Waals surface area contributed by atoms with Crippen molar-refractivity contribution in [3.63, 3.8) is 0 Å². The molecule has 0 aromatic heterocycles. The standard InChI is InChI=1S/C47H57N5O10Si/c1-5-61-37-17-19-40-34(25-37)26-39(48-20-9-10-22-53)45(56)51(40)35-15-11-14-33(24-35)30-50-41-18-16-36(52(58)59)27-38(41)47(46(50)57)31(2)44(63(3,4)60)42(62-47)28-43(55)49(21-23-54)29-32-12-7-6-8-13-32/h6-8,11-19,24-25,27,31,39,42,44,48,53-54,60H,5,9-10,20-23,26,28-30H2,1-4H3/t31-,39?,42+,44-,47+/m1/s1. The lowest BCUT2D eigenvalue weighted by Crippen LogP contribution is -2.49. The number of amides is 3. The first-order chi connectivity index (χ1) is 30.2. The fraction of sp³-hybridized carbons (Fsp3) is 0.426. The number of hydrogen-bond donors (Lipinski definition) is 4. The molecule has 0 bridgehead atoms. The van der Waals surface area contributed by atoms with Crippen LogP contribution in [0.15, 0.2) is 91.0 Å². The normalized spacial score (nSPS) is 21.8. The molecule has 16 heteroatoms. The number of carbonyl (C=O) groups is 3. The highest BCUT2D eigenvalue weighted by atomic mass is 28.4. The van der Waals surface area contributed by atoms with E-state index in [4.69, 9.17) is 9.47 Å². The summed E-state index contributed by atoms with van der Waals surface area (Å²) in [6.45, 7) is 8.36. The number of hydrogen-bond acceptors (Lipinski definition) is 11. The number of benzene rings is 4. The van der Waals surface area contributed by atoms with Crippen LogP contribution in [-0.2, 0) is 44.2 Å². The van der Waals surface area contributed by atoms with Gasteiger partial charge in [0.15, 0.2) is 13.9 Å². The molecule has 7 rings (SSSR count). The van der Waals surface area contributed by atoms with Gasteiger partial charge in [0.25, 0.3) is 11.6 Å². The van der Waals surface area contributed by atoms with E-state index in [-0.39, 0.29) is 56.8 Å². The second kappa shape index (κ2) is 19.1. The van der Waals surface area contributed by atoms with Crippen molar-refractivity contribution < 1.29 is 43.8 Å². The van der Waals surface area contributed by atoms with Gasteiger partial charge in [-0.15, -0.1) is 0 Å². The van der Waals surface area contributed by atoms with Crippen LogP contribution in [0.2, 0.25) is 18.6 Å². The molecule has 1 saturated heterocycles. The Hall–Kier alpha value is -5.49. The van der Waals surface area contributed by atoms with Gasteiger partial charge in [0.05, 0.1) is 54.6 Å². The third-order valence-electron chi connectivity index (χ3n) is 12.5. The lowest BCUT2D eigenvalue weighted by molar-refractivity contribution is -0.385. The van der Waals surface area contributed by atoms with Gasteiger partial charge in [-0.25, -0.2) is 0 Å². The molecule has 334 valence electrons. The van der Waals surface area contributed by atoms with Crippen LogP contribution in [0.1, 0.15) is 55.4 Å². The molecule has 63 heavy (non-hydrogen) atoms. The zero-order valence-electron chi connectivity index (χ0n) is 36.2. The molecule has 0 saturated carbocycles. The Morgan fingerprint density at radius 2 is 1.73 bits per heavy atom. The Balaban J connectivity index is 1.23. The van der Waals surface area contributed by atoms with Gasteiger partial charge in [0.2, 0.25) is 11.8 Å². The number of fused-ring (bicyclic) bond motifs is 3. The van der Waals surface area contributed by atoms with E-state index in [1.807, 2.05) is 86.6 Å². The number of nitrogens with zero attached hydrogens (tertiary/aromatic N) is 4. The van der Waals surface area contributed by atoms with Crippen molar-refractivity contribution >= 4 is 48.8 Å². The van der Waals surface area contributed by atoms with Crippen molar-refractivity contribution in [2.45, 2.75) is 89.0 Å². The van der Waals surface area contributed by atoms with Gasteiger partial charge in [0, 0.05) is 54.5 Å². The van der Waals surface area contributed by atoms with Crippen molar-refractivity contribution in [1.29, 1.82) is 0 Å². The molecule has 3 amide bonds. The minimum atomic E-state index is -3.22. The molecule has 3 heterocycles. The largest absolute Gasteiger partial charge is 0.494 e. The maximum Gasteiger partial charge on any atom is 0.269 e. The number of rotatable bonds is 18. The summed E-state index contributed by atoms with van der Waals surface area (Å²) in [5, 5.41) is 34.8. The monoisotopic (exact) mass is 879 g/mol. The van der Waals surface area contributed by atoms with Gasteiger partial charge >= 0.3 is 0 Å². The van der Waals surface area contributed by atoms with Crippen LogP contribution in [-0.4, -0.2) is 95.9 Å². The lowest BCUT2D eigenvalue weighted by atomic mass is 9.82. The van der Waals surface area contributed by atoms with Crippen LogP contribution in [0.25, 0.3) is 0 Å². The van der Waals surface area contributed by atoms with Crippen molar-refractivity contribution in [2.75, 3.05) is 42.7 Å². The van der Waals surface area contributed by atoms with Gasteiger partial charge in [-0.05, 0) is 98.9 Å². The average Bonchev–Trinajstić information content (AvgIpc) is 3.68. The molecule has 3 aliphatic rings. The van der Waals surface area contributed by atoms with Crippen LogP contribution in [0.4, 0.5) is 22.7 Å². The Bertz CT molecular complexity index is 2330. The first kappa shape index (κ1) is 45.5. The number of aliphatic hydroxyl groups excluding tert-OH is 2. The molecular weight excluding hydrogens is 823 g/mol. The van der Waals surface area contributed by atoms with Gasteiger partial charge < -0.3 is 39.6 Å². The molecule has 0 aliphatic carbocycles. The topological polar surface area (TPSA) is 195 Å². The third kappa shape index (κ3) is 9.14. The van der Waals surface area contributed by atoms with Gasteiger partial charge in [-0.1, -0.05) is 49.4 Å². The summed E-state index contributed by atoms with van der Waals surface area (Å²) < 4.78 is 12.7. The molecule has 1 unspecified atom stereocenters. The van der Waals surface area contributed by atoms with Crippen molar-refractivity contribution in [3.05, 3.63) is 123 Å². The predicted molar refractivity (Wildman–Crippen MR) is 240 cm³/mol. The Morgan fingerprint density at radius 3 is 2.43 bits per heavy atom. The van der Waals surface area contributed by atoms with E-state index in [0.29, 0.717) is 66.4 Å². The minimum Gasteiger partial charge on any atom is -0.494 e. The van der Waals surface area contributed by atoms with Crippen LogP contribution in [0.3, 0.4) is 0 Å². The molecule has 4 N–H and O–H groups in total. The van der Waals surface area contributed by atoms with Crippen LogP contribution in [0, 0.1) is 16.0 Å². The fourth-order valence-electron chi connectivity index (χ4n) is 9.75. The first-order valence-electron chi connectivity index (χ1n) is 21.7. The van der Waals surface area contributed by atoms with E-state index in [0.717, 1.165) is 11.1 Å². The molecule has 3 aliphatic heterocycles. The summed E-state index contributed by atoms with van der Waals surface area (Å²) in [6, 6.07) is 26.1. The minimum absolute atomic E-state index is 0.0197. The predicted octanol–water partition coefficient (Wildman–Crippen LogP) is 5.70. The van der Waals surface area contributed by atoms with E-state index < -0.39 is 48.4 Å². The molecule has 0 radical (unpaired) electrons. The summed E-state index contributed by atoms with van der Waals surface area (Å²) in [5.74, 6) is -0.954. The second-order valence-corrected chi connectivity index (χ2v) is 21.1. The summed E-state index contributed by atoms with van der Waals surface area (Å²) in [7, 11) is -3.22. The quantitative estimate of drug-likeness (QED) is 0.0415. The SMILES string of the molecule is CCOc1ccc2c(c1)CC(NCCCCO)C(=O)N2c1cccc(CN2C(=O)[C@@]3(O[C@@H](CC(=O)N(CCO)Cc4ccccc4)[C@H]([Si](C)(C)O)[C@H]3C)c3cc([N+](=O)[O-])ccc32)c1. The number of anilines is 3. The number of aliphatic hydroxyl groups is 2. The van der Waals surface area contributed by atoms with Crippen molar-refractivity contribution in [1.82, 2.24) is 10.2 Å². The zero-order chi connectivity index (χ0) is 45.1. The highest BCUT2D eigenvalue weighted by molar-refractivity contribution is 6.71. The Morgan fingerprint density at radius 1 is 0.984 bits per heavy atom. The number of non-ortho nitro benzene ring substituents is 1. The van der Waals surface area contributed by atoms with Crippen molar-refractivity contribution in [3.8, 4) is 5.75 Å². The fourth-order valence-corrected chi connectivity index (χ4v) is 12.3. The maximum atomic E-state index is 15.3. The number of nitro benzene ring substituents is 1. The van der Waals surface area contributed by atoms with E-state index >= 15 is 4.79 Å². The molecule has 4 aromatic carbocycles. The summed E-state index contributed by atoms with van der Waals surface area (Å²) in [6.07, 6.45) is 0.650. The van der Waals surface area contributed by atoms with Gasteiger partial charge in [0.1, 0.15) is 5.75 Å². The van der Waals surface area contributed by atoms with Crippen LogP contribution in [0.5, 0.6) is 5.75 Å². The number of unbranched alkanes of at least 4 members (excludes halogenated alkanes) is 1. The van der Waals surface area contributed by atoms with E-state index in [1.54, 1.807) is 29.0 Å². The summed E-state index contributed by atoms with van der Waals surface area (Å²) >= 11 is 0. The number of nitrogens with one attached hydrogen (secondary N) is 1. The molecule has 4 aromatic rings. The molecule has 15 nitrogen and oxygen atoms in total. The molecular formula is C47H57N5O10Si. The van der Waals surface area contributed by atoms with Crippen molar-refractivity contribution in [2.24, 2.45) is 5.92 Å². The maximum absolute atomic E-state index is 15.3. The van der Waals surface area contributed by atoms with Gasteiger partial charge in [-0.3, -0.25) is 29.4 Å². The van der Waals surface area contributed by atoms with Gasteiger partial charge in [-0.2, -0.15) is 0 Å². The van der Waals surface area contributed by atoms with E-state index in [9.17, 15) is 34.7 Å². The highest BCUT2D eigenvalue weighted by Crippen LogP contribution is 2.60. The molecule has 1 fully saturated rings. The molecule has 5 atom stereocenters. The van der Waals surface area contributed by atoms with E-state index in [2.05, 4.69) is 5.32 Å². The zero-order valence-corrected chi connectivity index (χ0v) is 37.2. The smallest absolute Gasteiger partial charge is 0.269 e. The second-order valence-electron chi connectivity index (χ2n) is 17.1. The summed E-state index contributed by atoms with van der Waals surface area (Å²) in [5.41, 5.74) is 1.82. The first-order valence-corrected chi connectivity index (χ1v) is 24.7. The van der Waals surface area contributed by atoms with E-state index in [1.165, 1.54) is 17.0 Å². The third-order valence-corrected chi connectivity index (χ3v) is 15.0. The molecule has 1 spiro atoms. The number of nitro groups is 1. The average molecular weight is 880 g/mol. The Kier molecular flexibility index (Phi) is 13.8. The number of carbonyl (C=O) groups excluding carboxylic acids is 3. The van der Waals surface area contributed by atoms with Crippen LogP contribution < -0.4 is 19.9 Å². The van der Waals surface area contributed by atoms with Crippen LogP contribution >= 0.6 is 0 Å². The lowest BCUT2D eigenvalue weighted by Gasteiger charge is -2.35.